The molecule has 0 saturated carbocycles. The van der Waals surface area contributed by atoms with Crippen molar-refractivity contribution in [1.82, 2.24) is 15.0 Å². The van der Waals surface area contributed by atoms with Crippen molar-refractivity contribution in [3.05, 3.63) is 86.5 Å². The molecule has 0 atom stereocenters. The molecule has 0 saturated heterocycles. The van der Waals surface area contributed by atoms with Crippen LogP contribution in [0.1, 0.15) is 21.5 Å². The predicted octanol–water partition coefficient (Wildman–Crippen LogP) is 4.64. The molecular formula is C22H18N4O3S. The number of rotatable bonds is 4. The maximum absolute atomic E-state index is 12.6. The first kappa shape index (κ1) is 19.5. The Morgan fingerprint density at radius 1 is 1.03 bits per heavy atom. The van der Waals surface area contributed by atoms with Crippen molar-refractivity contribution < 1.29 is 9.53 Å². The Bertz CT molecular complexity index is 1370. The highest BCUT2D eigenvalue weighted by atomic mass is 32.1. The minimum atomic E-state index is -0.332. The van der Waals surface area contributed by atoms with Gasteiger partial charge in [-0.3, -0.25) is 14.6 Å². The van der Waals surface area contributed by atoms with E-state index in [0.29, 0.717) is 33.8 Å². The van der Waals surface area contributed by atoms with Gasteiger partial charge in [0, 0.05) is 11.6 Å². The van der Waals surface area contributed by atoms with Crippen LogP contribution in [-0.4, -0.2) is 20.9 Å². The number of hydrogen-bond donors (Lipinski definition) is 3. The number of fused-ring (bicyclic) bond motifs is 1. The zero-order valence-corrected chi connectivity index (χ0v) is 17.1. The third-order valence-corrected chi connectivity index (χ3v) is 4.90. The summed E-state index contributed by atoms with van der Waals surface area (Å²) in [5.74, 6) is 0.792. The summed E-state index contributed by atoms with van der Waals surface area (Å²) in [4.78, 5) is 34.1. The lowest BCUT2D eigenvalue weighted by Gasteiger charge is -2.09. The van der Waals surface area contributed by atoms with E-state index in [9.17, 15) is 9.59 Å². The first-order valence-corrected chi connectivity index (χ1v) is 9.59. The lowest BCUT2D eigenvalue weighted by molar-refractivity contribution is 0.102. The second kappa shape index (κ2) is 7.92. The number of nitrogens with zero attached hydrogens (tertiary/aromatic N) is 1. The lowest BCUT2D eigenvalue weighted by Crippen LogP contribution is -2.13. The van der Waals surface area contributed by atoms with Gasteiger partial charge in [0.2, 0.25) is 5.88 Å². The first-order chi connectivity index (χ1) is 14.4. The Kier molecular flexibility index (Phi) is 5.16. The van der Waals surface area contributed by atoms with Gasteiger partial charge in [0.05, 0.1) is 22.8 Å². The molecule has 3 N–H and O–H groups in total. The fraction of sp³-hybridized carbons (Fsp3) is 0.0909. The van der Waals surface area contributed by atoms with Gasteiger partial charge in [-0.1, -0.05) is 6.07 Å². The fourth-order valence-corrected chi connectivity index (χ4v) is 3.13. The average Bonchev–Trinajstić information content (AvgIpc) is 2.71. The van der Waals surface area contributed by atoms with Crippen LogP contribution in [0.3, 0.4) is 0 Å². The Labute approximate surface area is 176 Å². The molecular weight excluding hydrogens is 400 g/mol. The molecule has 2 heterocycles. The van der Waals surface area contributed by atoms with E-state index in [1.165, 1.54) is 11.8 Å². The lowest BCUT2D eigenvalue weighted by atomic mass is 10.1. The molecule has 0 aliphatic rings. The highest BCUT2D eigenvalue weighted by Gasteiger charge is 2.09. The SMILES string of the molecule is Cc1ccc(Oc2ccc(NC(=O)c3ccc4c(=O)[nH]c(=S)[nH]c4c3)cn2)cc1C. The van der Waals surface area contributed by atoms with Gasteiger partial charge in [-0.2, -0.15) is 0 Å². The highest BCUT2D eigenvalue weighted by Crippen LogP contribution is 2.23. The van der Waals surface area contributed by atoms with Crippen LogP contribution >= 0.6 is 12.2 Å². The molecule has 7 nitrogen and oxygen atoms in total. The summed E-state index contributed by atoms with van der Waals surface area (Å²) < 4.78 is 5.96. The van der Waals surface area contributed by atoms with Crippen LogP contribution in [0.5, 0.6) is 11.6 Å². The van der Waals surface area contributed by atoms with Gasteiger partial charge in [-0.25, -0.2) is 4.98 Å². The zero-order valence-electron chi connectivity index (χ0n) is 16.3. The van der Waals surface area contributed by atoms with Crippen LogP contribution in [-0.2, 0) is 0 Å². The monoisotopic (exact) mass is 418 g/mol. The largest absolute Gasteiger partial charge is 0.439 e. The second-order valence-corrected chi connectivity index (χ2v) is 7.26. The first-order valence-electron chi connectivity index (χ1n) is 9.18. The molecule has 2 aromatic heterocycles. The van der Waals surface area contributed by atoms with E-state index >= 15 is 0 Å². The van der Waals surface area contributed by atoms with Crippen LogP contribution in [0, 0.1) is 18.6 Å². The molecule has 0 spiro atoms. The zero-order chi connectivity index (χ0) is 21.3. The van der Waals surface area contributed by atoms with E-state index in [0.717, 1.165) is 5.56 Å². The van der Waals surface area contributed by atoms with Crippen molar-refractivity contribution in [2.24, 2.45) is 0 Å². The Morgan fingerprint density at radius 2 is 1.87 bits per heavy atom. The Hall–Kier alpha value is -3.78. The number of aryl methyl sites for hydroxylation is 2. The Balaban J connectivity index is 1.49. The van der Waals surface area contributed by atoms with Gasteiger partial charge >= 0.3 is 0 Å². The molecule has 0 aliphatic heterocycles. The smallest absolute Gasteiger partial charge is 0.259 e. The summed E-state index contributed by atoms with van der Waals surface area (Å²) in [6, 6.07) is 14.0. The summed E-state index contributed by atoms with van der Waals surface area (Å²) in [6.07, 6.45) is 1.52. The van der Waals surface area contributed by atoms with Gasteiger partial charge in [0.1, 0.15) is 5.75 Å². The maximum atomic E-state index is 12.6. The third kappa shape index (κ3) is 4.13. The van der Waals surface area contributed by atoms with Crippen molar-refractivity contribution in [3.63, 3.8) is 0 Å². The van der Waals surface area contributed by atoms with Crippen LogP contribution in [0.15, 0.2) is 59.5 Å². The summed E-state index contributed by atoms with van der Waals surface area (Å²) in [7, 11) is 0. The molecule has 2 aromatic carbocycles. The molecule has 0 aliphatic carbocycles. The van der Waals surface area contributed by atoms with Crippen molar-refractivity contribution in [2.75, 3.05) is 5.32 Å². The minimum Gasteiger partial charge on any atom is -0.439 e. The van der Waals surface area contributed by atoms with Gasteiger partial charge < -0.3 is 15.0 Å². The van der Waals surface area contributed by atoms with Crippen LogP contribution in [0.25, 0.3) is 10.9 Å². The predicted molar refractivity (Wildman–Crippen MR) is 118 cm³/mol. The quantitative estimate of drug-likeness (QED) is 0.419. The van der Waals surface area contributed by atoms with Gasteiger partial charge in [-0.15, -0.1) is 0 Å². The summed E-state index contributed by atoms with van der Waals surface area (Å²) >= 11 is 4.98. The number of nitrogens with one attached hydrogen (secondary N) is 3. The molecule has 0 radical (unpaired) electrons. The van der Waals surface area contributed by atoms with E-state index in [1.54, 1.807) is 30.3 Å². The number of amides is 1. The van der Waals surface area contributed by atoms with Crippen molar-refractivity contribution >= 4 is 34.7 Å². The average molecular weight is 418 g/mol. The molecule has 1 amide bonds. The van der Waals surface area contributed by atoms with Gasteiger partial charge in [-0.05, 0) is 73.6 Å². The number of benzene rings is 2. The third-order valence-electron chi connectivity index (χ3n) is 4.70. The Morgan fingerprint density at radius 3 is 2.60 bits per heavy atom. The summed E-state index contributed by atoms with van der Waals surface area (Å²) in [6.45, 7) is 4.06. The molecule has 4 rings (SSSR count). The molecule has 0 unspecified atom stereocenters. The maximum Gasteiger partial charge on any atom is 0.259 e. The van der Waals surface area contributed by atoms with Crippen LogP contribution in [0.4, 0.5) is 5.69 Å². The molecule has 4 aromatic rings. The van der Waals surface area contributed by atoms with Gasteiger partial charge in [0.15, 0.2) is 4.77 Å². The van der Waals surface area contributed by atoms with Crippen LogP contribution in [0.2, 0.25) is 0 Å². The number of aromatic amines is 2. The van der Waals surface area contributed by atoms with E-state index < -0.39 is 0 Å². The number of ether oxygens (including phenoxy) is 1. The topological polar surface area (TPSA) is 99.9 Å². The van der Waals surface area contributed by atoms with E-state index in [4.69, 9.17) is 17.0 Å². The molecule has 30 heavy (non-hydrogen) atoms. The van der Waals surface area contributed by atoms with Crippen molar-refractivity contribution in [1.29, 1.82) is 0 Å². The van der Waals surface area contributed by atoms with Crippen LogP contribution < -0.4 is 15.6 Å². The number of H-pyrrole nitrogens is 2. The number of carbonyl (C=O) groups is 1. The number of carbonyl (C=O) groups excluding carboxylic acids is 1. The van der Waals surface area contributed by atoms with Crippen molar-refractivity contribution in [2.45, 2.75) is 13.8 Å². The summed E-state index contributed by atoms with van der Waals surface area (Å²) in [5, 5.41) is 3.20. The number of aromatic nitrogens is 3. The molecule has 8 heteroatoms. The second-order valence-electron chi connectivity index (χ2n) is 6.86. The van der Waals surface area contributed by atoms with E-state index in [-0.39, 0.29) is 16.2 Å². The molecule has 0 fully saturated rings. The summed E-state index contributed by atoms with van der Waals surface area (Å²) in [5.41, 5.74) is 3.42. The highest BCUT2D eigenvalue weighted by molar-refractivity contribution is 7.71. The minimum absolute atomic E-state index is 0.202. The fourth-order valence-electron chi connectivity index (χ4n) is 2.93. The van der Waals surface area contributed by atoms with E-state index in [2.05, 4.69) is 20.3 Å². The number of anilines is 1. The standard InChI is InChI=1S/C22H18N4O3S/c1-12-3-6-16(9-13(12)2)29-19-8-5-15(11-23-19)24-20(27)14-4-7-17-18(10-14)25-22(30)26-21(17)28/h3-11H,1-2H3,(H,24,27)(H2,25,26,28,30). The molecule has 150 valence electrons. The number of hydrogen-bond acceptors (Lipinski definition) is 5. The molecule has 0 bridgehead atoms. The normalized spacial score (nSPS) is 10.7. The van der Waals surface area contributed by atoms with Crippen molar-refractivity contribution in [3.8, 4) is 11.6 Å². The van der Waals surface area contributed by atoms with Gasteiger partial charge in [0.25, 0.3) is 11.5 Å². The number of pyridine rings is 1. The van der Waals surface area contributed by atoms with E-state index in [1.807, 2.05) is 32.0 Å².